The normalized spacial score (nSPS) is 23.6. The van der Waals surface area contributed by atoms with E-state index in [1.54, 1.807) is 0 Å². The number of benzene rings is 2. The van der Waals surface area contributed by atoms with Crippen LogP contribution >= 0.6 is 0 Å². The molecule has 4 unspecified atom stereocenters. The average molecular weight is 392 g/mol. The van der Waals surface area contributed by atoms with Gasteiger partial charge in [0.15, 0.2) is 11.9 Å². The number of aliphatic hydroxyl groups is 1. The SMILES string of the molecule is O=C1OC(C(CCO)CCc2ccccc2)C(=O)C1C(c1ccccc1)C1CC1. The van der Waals surface area contributed by atoms with Gasteiger partial charge in [0.2, 0.25) is 0 Å². The average Bonchev–Trinajstić information content (AvgIpc) is 3.54. The van der Waals surface area contributed by atoms with Crippen molar-refractivity contribution in [2.24, 2.45) is 17.8 Å². The Hall–Kier alpha value is -2.46. The molecular weight excluding hydrogens is 364 g/mol. The molecule has 1 N–H and O–H groups in total. The third-order valence-corrected chi connectivity index (χ3v) is 6.33. The van der Waals surface area contributed by atoms with Crippen LogP contribution in [-0.2, 0) is 20.7 Å². The predicted molar refractivity (Wildman–Crippen MR) is 110 cm³/mol. The van der Waals surface area contributed by atoms with Gasteiger partial charge in [-0.15, -0.1) is 0 Å². The molecule has 0 radical (unpaired) electrons. The number of hydrogen-bond acceptors (Lipinski definition) is 4. The van der Waals surface area contributed by atoms with Crippen molar-refractivity contribution in [2.75, 3.05) is 6.61 Å². The second-order valence-electron chi connectivity index (χ2n) is 8.31. The fourth-order valence-corrected chi connectivity index (χ4v) is 4.68. The third kappa shape index (κ3) is 4.43. The van der Waals surface area contributed by atoms with Crippen LogP contribution in [0, 0.1) is 17.8 Å². The van der Waals surface area contributed by atoms with Gasteiger partial charge in [-0.05, 0) is 49.1 Å². The number of aryl methyl sites for hydroxylation is 1. The Labute approximate surface area is 171 Å². The molecule has 4 heteroatoms. The highest BCUT2D eigenvalue weighted by molar-refractivity contribution is 6.07. The van der Waals surface area contributed by atoms with Crippen molar-refractivity contribution in [3.63, 3.8) is 0 Å². The molecule has 2 aromatic carbocycles. The molecular formula is C25H28O4. The van der Waals surface area contributed by atoms with E-state index < -0.39 is 12.0 Å². The minimum absolute atomic E-state index is 0.0177. The summed E-state index contributed by atoms with van der Waals surface area (Å²) in [6, 6.07) is 20.0. The fourth-order valence-electron chi connectivity index (χ4n) is 4.68. The molecule has 4 atom stereocenters. The second-order valence-corrected chi connectivity index (χ2v) is 8.31. The fraction of sp³-hybridized carbons (Fsp3) is 0.440. The number of aliphatic hydroxyl groups excluding tert-OH is 1. The predicted octanol–water partition coefficient (Wildman–Crippen LogP) is 3.92. The molecule has 29 heavy (non-hydrogen) atoms. The van der Waals surface area contributed by atoms with Crippen LogP contribution < -0.4 is 0 Å². The van der Waals surface area contributed by atoms with Gasteiger partial charge in [-0.3, -0.25) is 9.59 Å². The number of esters is 1. The van der Waals surface area contributed by atoms with Gasteiger partial charge in [0.1, 0.15) is 5.92 Å². The monoisotopic (exact) mass is 392 g/mol. The van der Waals surface area contributed by atoms with Gasteiger partial charge < -0.3 is 9.84 Å². The molecule has 0 spiro atoms. The van der Waals surface area contributed by atoms with Gasteiger partial charge in [-0.25, -0.2) is 0 Å². The zero-order valence-electron chi connectivity index (χ0n) is 16.6. The summed E-state index contributed by atoms with van der Waals surface area (Å²) in [6.07, 6.45) is 3.32. The standard InChI is InChI=1S/C25H28O4/c26-16-15-20(12-11-17-7-3-1-4-8-17)24-23(27)22(25(28)29-24)21(19-13-14-19)18-9-5-2-6-10-18/h1-10,19-22,24,26H,11-16H2. The first kappa shape index (κ1) is 19.8. The van der Waals surface area contributed by atoms with E-state index in [1.165, 1.54) is 5.56 Å². The molecule has 4 nitrogen and oxygen atoms in total. The number of ether oxygens (including phenoxy) is 1. The summed E-state index contributed by atoms with van der Waals surface area (Å²) in [5, 5.41) is 9.55. The van der Waals surface area contributed by atoms with E-state index >= 15 is 0 Å². The first-order valence-electron chi connectivity index (χ1n) is 10.6. The molecule has 152 valence electrons. The number of rotatable bonds is 9. The number of carbonyl (C=O) groups excluding carboxylic acids is 2. The number of cyclic esters (lactones) is 1. The van der Waals surface area contributed by atoms with Crippen LogP contribution in [0.5, 0.6) is 0 Å². The summed E-state index contributed by atoms with van der Waals surface area (Å²) in [7, 11) is 0. The Morgan fingerprint density at radius 1 is 0.931 bits per heavy atom. The van der Waals surface area contributed by atoms with Crippen molar-refractivity contribution in [2.45, 2.75) is 44.1 Å². The Balaban J connectivity index is 1.52. The summed E-state index contributed by atoms with van der Waals surface area (Å²) >= 11 is 0. The first-order chi connectivity index (χ1) is 14.2. The van der Waals surface area contributed by atoms with Crippen molar-refractivity contribution < 1.29 is 19.4 Å². The summed E-state index contributed by atoms with van der Waals surface area (Å²) in [5.41, 5.74) is 2.23. The summed E-state index contributed by atoms with van der Waals surface area (Å²) in [5.74, 6) is -1.07. The van der Waals surface area contributed by atoms with Crippen molar-refractivity contribution in [1.29, 1.82) is 0 Å². The van der Waals surface area contributed by atoms with E-state index in [-0.39, 0.29) is 30.2 Å². The number of Topliss-reactive ketones (excluding diaryl/α,β-unsaturated/α-hetero) is 1. The first-order valence-corrected chi connectivity index (χ1v) is 10.6. The summed E-state index contributed by atoms with van der Waals surface area (Å²) in [4.78, 5) is 26.2. The van der Waals surface area contributed by atoms with E-state index in [2.05, 4.69) is 12.1 Å². The van der Waals surface area contributed by atoms with Crippen LogP contribution in [0.1, 0.15) is 42.7 Å². The number of hydrogen-bond donors (Lipinski definition) is 1. The lowest BCUT2D eigenvalue weighted by Gasteiger charge is -2.22. The minimum atomic E-state index is -0.742. The van der Waals surface area contributed by atoms with E-state index in [4.69, 9.17) is 4.74 Å². The van der Waals surface area contributed by atoms with Gasteiger partial charge in [0, 0.05) is 18.4 Å². The lowest BCUT2D eigenvalue weighted by atomic mass is 9.77. The van der Waals surface area contributed by atoms with E-state index in [0.29, 0.717) is 18.8 Å². The second kappa shape index (κ2) is 8.91. The van der Waals surface area contributed by atoms with Gasteiger partial charge in [0.05, 0.1) is 0 Å². The highest BCUT2D eigenvalue weighted by atomic mass is 16.6. The quantitative estimate of drug-likeness (QED) is 0.519. The number of ketones is 1. The third-order valence-electron chi connectivity index (χ3n) is 6.33. The molecule has 0 bridgehead atoms. The van der Waals surface area contributed by atoms with Crippen LogP contribution in [0.25, 0.3) is 0 Å². The zero-order valence-corrected chi connectivity index (χ0v) is 16.6. The van der Waals surface area contributed by atoms with Crippen molar-refractivity contribution in [3.8, 4) is 0 Å². The van der Waals surface area contributed by atoms with Crippen LogP contribution in [0.3, 0.4) is 0 Å². The van der Waals surface area contributed by atoms with Crippen molar-refractivity contribution in [3.05, 3.63) is 71.8 Å². The summed E-state index contributed by atoms with van der Waals surface area (Å²) in [6.45, 7) is -0.0177. The molecule has 2 aromatic rings. The molecule has 2 aliphatic rings. The summed E-state index contributed by atoms with van der Waals surface area (Å²) < 4.78 is 5.67. The Kier molecular flexibility index (Phi) is 6.10. The number of carbonyl (C=O) groups is 2. The Bertz CT molecular complexity index is 828. The Morgan fingerprint density at radius 2 is 1.59 bits per heavy atom. The lowest BCUT2D eigenvalue weighted by Crippen LogP contribution is -2.32. The van der Waals surface area contributed by atoms with Gasteiger partial charge in [0.25, 0.3) is 0 Å². The minimum Gasteiger partial charge on any atom is -0.453 e. The van der Waals surface area contributed by atoms with Crippen LogP contribution in [0.4, 0.5) is 0 Å². The molecule has 1 heterocycles. The molecule has 1 aliphatic heterocycles. The van der Waals surface area contributed by atoms with Crippen LogP contribution in [0.15, 0.2) is 60.7 Å². The lowest BCUT2D eigenvalue weighted by molar-refractivity contribution is -0.147. The van der Waals surface area contributed by atoms with Crippen molar-refractivity contribution >= 4 is 11.8 Å². The largest absolute Gasteiger partial charge is 0.453 e. The van der Waals surface area contributed by atoms with Gasteiger partial charge in [-0.2, -0.15) is 0 Å². The molecule has 4 rings (SSSR count). The molecule has 0 aromatic heterocycles. The molecule has 1 saturated carbocycles. The van der Waals surface area contributed by atoms with Gasteiger partial charge in [-0.1, -0.05) is 60.7 Å². The van der Waals surface area contributed by atoms with E-state index in [0.717, 1.165) is 24.8 Å². The zero-order chi connectivity index (χ0) is 20.2. The molecule has 1 saturated heterocycles. The van der Waals surface area contributed by atoms with E-state index in [9.17, 15) is 14.7 Å². The van der Waals surface area contributed by atoms with Crippen molar-refractivity contribution in [1.82, 2.24) is 0 Å². The van der Waals surface area contributed by atoms with Crippen LogP contribution in [-0.4, -0.2) is 29.6 Å². The molecule has 0 amide bonds. The Morgan fingerprint density at radius 3 is 2.21 bits per heavy atom. The van der Waals surface area contributed by atoms with Gasteiger partial charge >= 0.3 is 5.97 Å². The highest BCUT2D eigenvalue weighted by Crippen LogP contribution is 2.49. The molecule has 2 fully saturated rings. The smallest absolute Gasteiger partial charge is 0.318 e. The maximum Gasteiger partial charge on any atom is 0.318 e. The molecule has 1 aliphatic carbocycles. The van der Waals surface area contributed by atoms with Crippen LogP contribution in [0.2, 0.25) is 0 Å². The maximum atomic E-state index is 13.4. The highest BCUT2D eigenvalue weighted by Gasteiger charge is 2.53. The topological polar surface area (TPSA) is 63.6 Å². The maximum absolute atomic E-state index is 13.4. The van der Waals surface area contributed by atoms with E-state index in [1.807, 2.05) is 48.5 Å².